The van der Waals surface area contributed by atoms with E-state index in [9.17, 15) is 19.2 Å². The van der Waals surface area contributed by atoms with Crippen LogP contribution in [0.1, 0.15) is 12.8 Å². The van der Waals surface area contributed by atoms with Gasteiger partial charge in [0, 0.05) is 0 Å². The van der Waals surface area contributed by atoms with Gasteiger partial charge in [0.2, 0.25) is 0 Å². The minimum atomic E-state index is -0.806. The average molecular weight is 380 g/mol. The van der Waals surface area contributed by atoms with Gasteiger partial charge in [0.25, 0.3) is 11.8 Å². The zero-order chi connectivity index (χ0) is 16.3. The SMILES string of the molecule is O=C(CCC(=O)ON1C(=O)CSC1=S)ON1C(=O)CSC1=S. The summed E-state index contributed by atoms with van der Waals surface area (Å²) in [5.41, 5.74) is 0. The van der Waals surface area contributed by atoms with E-state index >= 15 is 0 Å². The van der Waals surface area contributed by atoms with Crippen LogP contribution < -0.4 is 0 Å². The molecule has 12 heteroatoms. The molecule has 2 heterocycles. The maximum Gasteiger partial charge on any atom is 0.333 e. The predicted octanol–water partition coefficient (Wildman–Crippen LogP) is 0.404. The van der Waals surface area contributed by atoms with E-state index in [0.29, 0.717) is 0 Å². The molecule has 2 fully saturated rings. The van der Waals surface area contributed by atoms with Crippen LogP contribution in [0.5, 0.6) is 0 Å². The highest BCUT2D eigenvalue weighted by atomic mass is 32.2. The standard InChI is InChI=1S/C10H8N2O6S4/c13-5-3-21-9(19)11(5)17-7(15)1-2-8(16)18-12-6(14)4-22-10(12)20/h1-4H2. The van der Waals surface area contributed by atoms with Crippen molar-refractivity contribution in [1.82, 2.24) is 10.1 Å². The van der Waals surface area contributed by atoms with Gasteiger partial charge in [-0.3, -0.25) is 9.59 Å². The van der Waals surface area contributed by atoms with Gasteiger partial charge in [0.05, 0.1) is 24.3 Å². The van der Waals surface area contributed by atoms with E-state index in [4.69, 9.17) is 34.1 Å². The van der Waals surface area contributed by atoms with Crippen LogP contribution in [-0.4, -0.2) is 54.0 Å². The Hall–Kier alpha value is -1.24. The van der Waals surface area contributed by atoms with Crippen LogP contribution in [0, 0.1) is 0 Å². The lowest BCUT2D eigenvalue weighted by Crippen LogP contribution is -2.33. The monoisotopic (exact) mass is 380 g/mol. The van der Waals surface area contributed by atoms with Gasteiger partial charge in [0.15, 0.2) is 8.64 Å². The van der Waals surface area contributed by atoms with Crippen molar-refractivity contribution < 1.29 is 28.9 Å². The van der Waals surface area contributed by atoms with Crippen molar-refractivity contribution in [3.05, 3.63) is 0 Å². The molecule has 8 nitrogen and oxygen atoms in total. The third-order valence-electron chi connectivity index (χ3n) is 2.34. The van der Waals surface area contributed by atoms with Gasteiger partial charge in [-0.15, -0.1) is 10.1 Å². The maximum absolute atomic E-state index is 11.6. The average Bonchev–Trinajstić information content (AvgIpc) is 2.95. The van der Waals surface area contributed by atoms with Gasteiger partial charge in [-0.25, -0.2) is 9.59 Å². The fourth-order valence-electron chi connectivity index (χ4n) is 1.36. The van der Waals surface area contributed by atoms with Crippen molar-refractivity contribution in [1.29, 1.82) is 0 Å². The number of carbonyl (C=O) groups excluding carboxylic acids is 4. The quantitative estimate of drug-likeness (QED) is 0.624. The lowest BCUT2D eigenvalue weighted by Gasteiger charge is -2.15. The summed E-state index contributed by atoms with van der Waals surface area (Å²) in [7, 11) is 0. The molecule has 2 aliphatic heterocycles. The highest BCUT2D eigenvalue weighted by molar-refractivity contribution is 8.24. The summed E-state index contributed by atoms with van der Waals surface area (Å²) >= 11 is 11.8. The number of amides is 2. The Labute approximate surface area is 143 Å². The molecule has 2 rings (SSSR count). The Bertz CT molecular complexity index is 498. The molecule has 0 spiro atoms. The van der Waals surface area contributed by atoms with E-state index in [-0.39, 0.29) is 33.0 Å². The predicted molar refractivity (Wildman–Crippen MR) is 85.2 cm³/mol. The van der Waals surface area contributed by atoms with Crippen molar-refractivity contribution in [2.75, 3.05) is 11.5 Å². The van der Waals surface area contributed by atoms with Crippen molar-refractivity contribution in [2.24, 2.45) is 0 Å². The third kappa shape index (κ3) is 4.15. The Morgan fingerprint density at radius 3 is 1.55 bits per heavy atom. The number of thiocarbonyl (C=S) groups is 2. The lowest BCUT2D eigenvalue weighted by atomic mass is 10.3. The van der Waals surface area contributed by atoms with Crippen molar-refractivity contribution >= 4 is 80.4 Å². The first-order valence-electron chi connectivity index (χ1n) is 5.79. The van der Waals surface area contributed by atoms with E-state index in [2.05, 4.69) is 0 Å². The zero-order valence-corrected chi connectivity index (χ0v) is 14.1. The topological polar surface area (TPSA) is 93.2 Å². The van der Waals surface area contributed by atoms with Gasteiger partial charge in [-0.05, 0) is 24.4 Å². The second-order valence-corrected chi connectivity index (χ2v) is 7.13. The van der Waals surface area contributed by atoms with Crippen LogP contribution >= 0.6 is 48.0 Å². The number of nitrogens with zero attached hydrogens (tertiary/aromatic N) is 2. The Morgan fingerprint density at radius 2 is 1.27 bits per heavy atom. The van der Waals surface area contributed by atoms with Gasteiger partial charge in [-0.1, -0.05) is 23.5 Å². The molecule has 2 saturated heterocycles. The van der Waals surface area contributed by atoms with Gasteiger partial charge < -0.3 is 9.68 Å². The number of thioether (sulfide) groups is 2. The minimum Gasteiger partial charge on any atom is -0.332 e. The third-order valence-corrected chi connectivity index (χ3v) is 4.99. The number of hydrogen-bond donors (Lipinski definition) is 0. The lowest BCUT2D eigenvalue weighted by molar-refractivity contribution is -0.184. The molecular weight excluding hydrogens is 372 g/mol. The molecule has 0 aromatic rings. The highest BCUT2D eigenvalue weighted by Gasteiger charge is 2.32. The van der Waals surface area contributed by atoms with Crippen LogP contribution in [0.15, 0.2) is 0 Å². The molecule has 2 amide bonds. The van der Waals surface area contributed by atoms with Crippen molar-refractivity contribution in [2.45, 2.75) is 12.8 Å². The minimum absolute atomic E-state index is 0.111. The second kappa shape index (κ2) is 7.35. The molecule has 0 aliphatic carbocycles. The first-order chi connectivity index (χ1) is 10.4. The molecular formula is C10H8N2O6S4. The van der Waals surface area contributed by atoms with E-state index in [1.165, 1.54) is 0 Å². The molecule has 0 bridgehead atoms. The molecule has 0 saturated carbocycles. The highest BCUT2D eigenvalue weighted by Crippen LogP contribution is 2.21. The Kier molecular flexibility index (Phi) is 5.72. The summed E-state index contributed by atoms with van der Waals surface area (Å²) in [6.07, 6.45) is -0.643. The fraction of sp³-hybridized carbons (Fsp3) is 0.400. The summed E-state index contributed by atoms with van der Waals surface area (Å²) in [6.45, 7) is 0. The zero-order valence-electron chi connectivity index (χ0n) is 10.8. The summed E-state index contributed by atoms with van der Waals surface area (Å²) < 4.78 is 0.289. The van der Waals surface area contributed by atoms with Crippen molar-refractivity contribution in [3.63, 3.8) is 0 Å². The summed E-state index contributed by atoms with van der Waals surface area (Å²) in [6, 6.07) is 0. The molecule has 0 aromatic carbocycles. The molecule has 0 atom stereocenters. The Morgan fingerprint density at radius 1 is 0.909 bits per heavy atom. The number of carbonyl (C=O) groups is 4. The normalized spacial score (nSPS) is 18.2. The summed E-state index contributed by atoms with van der Waals surface area (Å²) in [4.78, 5) is 55.3. The molecule has 0 unspecified atom stereocenters. The smallest absolute Gasteiger partial charge is 0.332 e. The van der Waals surface area contributed by atoms with Crippen LogP contribution in [-0.2, 0) is 28.9 Å². The first-order valence-corrected chi connectivity index (χ1v) is 8.58. The number of rotatable bonds is 5. The van der Waals surface area contributed by atoms with Crippen LogP contribution in [0.4, 0.5) is 0 Å². The van der Waals surface area contributed by atoms with E-state index in [0.717, 1.165) is 33.7 Å². The largest absolute Gasteiger partial charge is 0.333 e. The van der Waals surface area contributed by atoms with Crippen LogP contribution in [0.25, 0.3) is 0 Å². The number of hydrogen-bond acceptors (Lipinski definition) is 10. The van der Waals surface area contributed by atoms with Gasteiger partial charge in [0.1, 0.15) is 0 Å². The second-order valence-electron chi connectivity index (χ2n) is 3.91. The molecule has 0 N–H and O–H groups in total. The molecule has 2 aliphatic rings. The molecule has 0 aromatic heterocycles. The van der Waals surface area contributed by atoms with Crippen molar-refractivity contribution in [3.8, 4) is 0 Å². The fourth-order valence-corrected chi connectivity index (χ4v) is 3.23. The first kappa shape index (κ1) is 17.1. The van der Waals surface area contributed by atoms with Gasteiger partial charge >= 0.3 is 11.9 Å². The molecule has 118 valence electrons. The van der Waals surface area contributed by atoms with E-state index in [1.807, 2.05) is 0 Å². The summed E-state index contributed by atoms with van der Waals surface area (Å²) in [5, 5.41) is 1.45. The van der Waals surface area contributed by atoms with E-state index in [1.54, 1.807) is 0 Å². The number of hydroxylamine groups is 4. The summed E-state index contributed by atoms with van der Waals surface area (Å²) in [5.74, 6) is -2.26. The van der Waals surface area contributed by atoms with E-state index < -0.39 is 23.8 Å². The molecule has 0 radical (unpaired) electrons. The van der Waals surface area contributed by atoms with Crippen LogP contribution in [0.2, 0.25) is 0 Å². The van der Waals surface area contributed by atoms with Gasteiger partial charge in [-0.2, -0.15) is 0 Å². The molecule has 22 heavy (non-hydrogen) atoms. The maximum atomic E-state index is 11.6. The van der Waals surface area contributed by atoms with Crippen LogP contribution in [0.3, 0.4) is 0 Å². The Balaban J connectivity index is 1.75.